The zero-order chi connectivity index (χ0) is 13.9. The van der Waals surface area contributed by atoms with Gasteiger partial charge in [0.1, 0.15) is 5.69 Å². The van der Waals surface area contributed by atoms with E-state index in [4.69, 9.17) is 16.1 Å². The summed E-state index contributed by atoms with van der Waals surface area (Å²) >= 11 is 5.87. The van der Waals surface area contributed by atoms with E-state index in [-0.39, 0.29) is 6.61 Å². The third-order valence-electron chi connectivity index (χ3n) is 3.10. The van der Waals surface area contributed by atoms with Crippen molar-refractivity contribution in [3.05, 3.63) is 65.2 Å². The minimum absolute atomic E-state index is 0.0285. The van der Waals surface area contributed by atoms with E-state index in [1.165, 1.54) is 0 Å². The lowest BCUT2D eigenvalue weighted by atomic mass is 10.0. The molecular weight excluding hydrogens is 274 g/mol. The lowest BCUT2D eigenvalue weighted by Gasteiger charge is -2.02. The van der Waals surface area contributed by atoms with Gasteiger partial charge in [0.25, 0.3) is 0 Å². The second kappa shape index (κ2) is 5.49. The summed E-state index contributed by atoms with van der Waals surface area (Å²) in [4.78, 5) is 0. The van der Waals surface area contributed by atoms with E-state index in [9.17, 15) is 5.11 Å². The van der Waals surface area contributed by atoms with E-state index in [0.29, 0.717) is 16.5 Å². The Morgan fingerprint density at radius 3 is 2.55 bits per heavy atom. The third kappa shape index (κ3) is 2.46. The monoisotopic (exact) mass is 285 g/mol. The first-order valence-corrected chi connectivity index (χ1v) is 6.57. The summed E-state index contributed by atoms with van der Waals surface area (Å²) in [6.07, 6.45) is 0. The highest BCUT2D eigenvalue weighted by atomic mass is 35.5. The minimum Gasteiger partial charge on any atom is -0.392 e. The van der Waals surface area contributed by atoms with Gasteiger partial charge in [-0.3, -0.25) is 0 Å². The van der Waals surface area contributed by atoms with Gasteiger partial charge in [0.05, 0.1) is 6.61 Å². The number of aromatic nitrogens is 1. The molecule has 0 amide bonds. The Labute approximate surface area is 121 Å². The SMILES string of the molecule is OCc1ccccc1-c1cc(-c2ccc(Cl)cc2)on1. The van der Waals surface area contributed by atoms with Gasteiger partial charge in [-0.25, -0.2) is 0 Å². The van der Waals surface area contributed by atoms with Crippen molar-refractivity contribution in [3.63, 3.8) is 0 Å². The minimum atomic E-state index is -0.0285. The van der Waals surface area contributed by atoms with Crippen LogP contribution in [0.3, 0.4) is 0 Å². The van der Waals surface area contributed by atoms with Gasteiger partial charge in [0.15, 0.2) is 5.76 Å². The Balaban J connectivity index is 2.00. The first kappa shape index (κ1) is 12.9. The van der Waals surface area contributed by atoms with Crippen LogP contribution in [0.1, 0.15) is 5.56 Å². The van der Waals surface area contributed by atoms with E-state index < -0.39 is 0 Å². The van der Waals surface area contributed by atoms with Gasteiger partial charge in [0, 0.05) is 22.2 Å². The second-order valence-corrected chi connectivity index (χ2v) is 4.83. The molecule has 1 heterocycles. The number of nitrogens with zero attached hydrogens (tertiary/aromatic N) is 1. The summed E-state index contributed by atoms with van der Waals surface area (Å²) in [5.41, 5.74) is 3.32. The average molecular weight is 286 g/mol. The molecule has 0 aliphatic heterocycles. The maximum Gasteiger partial charge on any atom is 0.167 e. The first-order chi connectivity index (χ1) is 9.78. The molecule has 3 nitrogen and oxygen atoms in total. The molecule has 0 fully saturated rings. The molecule has 4 heteroatoms. The lowest BCUT2D eigenvalue weighted by Crippen LogP contribution is -1.88. The molecule has 100 valence electrons. The summed E-state index contributed by atoms with van der Waals surface area (Å²) < 4.78 is 5.37. The molecule has 0 atom stereocenters. The maximum atomic E-state index is 9.36. The van der Waals surface area contributed by atoms with Crippen LogP contribution in [0.25, 0.3) is 22.6 Å². The van der Waals surface area contributed by atoms with Gasteiger partial charge < -0.3 is 9.63 Å². The van der Waals surface area contributed by atoms with Crippen molar-refractivity contribution < 1.29 is 9.63 Å². The van der Waals surface area contributed by atoms with Crippen LogP contribution in [0, 0.1) is 0 Å². The molecule has 0 saturated heterocycles. The van der Waals surface area contributed by atoms with Crippen molar-refractivity contribution in [1.29, 1.82) is 0 Å². The van der Waals surface area contributed by atoms with E-state index in [1.54, 1.807) is 12.1 Å². The average Bonchev–Trinajstić information content (AvgIpc) is 2.97. The fraction of sp³-hybridized carbons (Fsp3) is 0.0625. The summed E-state index contributed by atoms with van der Waals surface area (Å²) in [5.74, 6) is 0.671. The van der Waals surface area contributed by atoms with Gasteiger partial charge in [-0.1, -0.05) is 41.0 Å². The summed E-state index contributed by atoms with van der Waals surface area (Å²) in [6, 6.07) is 16.8. The second-order valence-electron chi connectivity index (χ2n) is 4.40. The molecule has 0 saturated carbocycles. The molecule has 1 N–H and O–H groups in total. The van der Waals surface area contributed by atoms with Crippen LogP contribution >= 0.6 is 11.6 Å². The van der Waals surface area contributed by atoms with Gasteiger partial charge in [-0.05, 0) is 29.8 Å². The van der Waals surface area contributed by atoms with Gasteiger partial charge in [-0.2, -0.15) is 0 Å². The highest BCUT2D eigenvalue weighted by molar-refractivity contribution is 6.30. The number of halogens is 1. The maximum absolute atomic E-state index is 9.36. The Bertz CT molecular complexity index is 719. The molecule has 0 aliphatic rings. The van der Waals surface area contributed by atoms with Crippen LogP contribution < -0.4 is 0 Å². The predicted molar refractivity (Wildman–Crippen MR) is 78.3 cm³/mol. The number of hydrogen-bond donors (Lipinski definition) is 1. The largest absolute Gasteiger partial charge is 0.392 e. The van der Waals surface area contributed by atoms with Crippen LogP contribution in [0.4, 0.5) is 0 Å². The van der Waals surface area contributed by atoms with E-state index in [1.807, 2.05) is 42.5 Å². The van der Waals surface area contributed by atoms with Gasteiger partial charge in [0.2, 0.25) is 0 Å². The zero-order valence-corrected chi connectivity index (χ0v) is 11.3. The van der Waals surface area contributed by atoms with Crippen LogP contribution in [-0.4, -0.2) is 10.3 Å². The number of aliphatic hydroxyl groups is 1. The molecule has 2 aromatic carbocycles. The van der Waals surface area contributed by atoms with Crippen LogP contribution in [0.2, 0.25) is 5.02 Å². The van der Waals surface area contributed by atoms with E-state index in [2.05, 4.69) is 5.16 Å². The number of hydrogen-bond acceptors (Lipinski definition) is 3. The van der Waals surface area contributed by atoms with Crippen LogP contribution in [0.15, 0.2) is 59.1 Å². The fourth-order valence-electron chi connectivity index (χ4n) is 2.06. The third-order valence-corrected chi connectivity index (χ3v) is 3.35. The molecule has 0 unspecified atom stereocenters. The van der Waals surface area contributed by atoms with Crippen molar-refractivity contribution in [3.8, 4) is 22.6 Å². The van der Waals surface area contributed by atoms with Crippen LogP contribution in [-0.2, 0) is 6.61 Å². The summed E-state index contributed by atoms with van der Waals surface area (Å²) in [7, 11) is 0. The number of rotatable bonds is 3. The summed E-state index contributed by atoms with van der Waals surface area (Å²) in [5, 5.41) is 14.1. The molecular formula is C16H12ClNO2. The fourth-order valence-corrected chi connectivity index (χ4v) is 2.19. The molecule has 0 radical (unpaired) electrons. The van der Waals surface area contributed by atoms with Crippen molar-refractivity contribution in [2.24, 2.45) is 0 Å². The number of aliphatic hydroxyl groups excluding tert-OH is 1. The molecule has 0 aliphatic carbocycles. The zero-order valence-electron chi connectivity index (χ0n) is 10.6. The van der Waals surface area contributed by atoms with Gasteiger partial charge in [-0.15, -0.1) is 0 Å². The Morgan fingerprint density at radius 1 is 1.05 bits per heavy atom. The molecule has 20 heavy (non-hydrogen) atoms. The molecule has 1 aromatic heterocycles. The molecule has 3 rings (SSSR count). The van der Waals surface area contributed by atoms with Crippen molar-refractivity contribution in [2.75, 3.05) is 0 Å². The molecule has 0 bridgehead atoms. The van der Waals surface area contributed by atoms with E-state index in [0.717, 1.165) is 16.7 Å². The van der Waals surface area contributed by atoms with Crippen LogP contribution in [0.5, 0.6) is 0 Å². The molecule has 0 spiro atoms. The van der Waals surface area contributed by atoms with Gasteiger partial charge >= 0.3 is 0 Å². The lowest BCUT2D eigenvalue weighted by molar-refractivity contribution is 0.282. The normalized spacial score (nSPS) is 10.7. The summed E-state index contributed by atoms with van der Waals surface area (Å²) in [6.45, 7) is -0.0285. The predicted octanol–water partition coefficient (Wildman–Crippen LogP) is 4.15. The Morgan fingerprint density at radius 2 is 1.80 bits per heavy atom. The van der Waals surface area contributed by atoms with Crippen molar-refractivity contribution >= 4 is 11.6 Å². The van der Waals surface area contributed by atoms with Crippen molar-refractivity contribution in [2.45, 2.75) is 6.61 Å². The Hall–Kier alpha value is -2.10. The highest BCUT2D eigenvalue weighted by Crippen LogP contribution is 2.28. The van der Waals surface area contributed by atoms with Crippen molar-refractivity contribution in [1.82, 2.24) is 5.16 Å². The molecule has 3 aromatic rings. The first-order valence-electron chi connectivity index (χ1n) is 6.20. The number of benzene rings is 2. The Kier molecular flexibility index (Phi) is 3.54. The quantitative estimate of drug-likeness (QED) is 0.786. The van der Waals surface area contributed by atoms with E-state index >= 15 is 0 Å². The smallest absolute Gasteiger partial charge is 0.167 e. The standard InChI is InChI=1S/C16H12ClNO2/c17-13-7-5-11(6-8-13)16-9-15(18-20-16)14-4-2-1-3-12(14)10-19/h1-9,19H,10H2. The highest BCUT2D eigenvalue weighted by Gasteiger charge is 2.11. The topological polar surface area (TPSA) is 46.3 Å².